The number of fused-ring (bicyclic) bond motifs is 11. The molecule has 1 aliphatic heterocycles. The van der Waals surface area contributed by atoms with Gasteiger partial charge in [-0.2, -0.15) is 19.9 Å². The highest BCUT2D eigenvalue weighted by Crippen LogP contribution is 2.64. The Morgan fingerprint density at radius 3 is 1.19 bits per heavy atom. The van der Waals surface area contributed by atoms with E-state index in [1.165, 1.54) is 60.8 Å². The molecule has 2 aliphatic carbocycles. The molecule has 8 heteroatoms. The maximum Gasteiger partial charge on any atom is 0.238 e. The summed E-state index contributed by atoms with van der Waals surface area (Å²) < 4.78 is 0. The Kier molecular flexibility index (Phi) is 9.09. The molecule has 340 valence electrons. The third kappa shape index (κ3) is 6.19. The summed E-state index contributed by atoms with van der Waals surface area (Å²) in [5.41, 5.74) is 19.6. The number of benzene rings is 10. The fourth-order valence-electron chi connectivity index (χ4n) is 11.8. The predicted octanol–water partition coefficient (Wildman–Crippen LogP) is 16.0. The molecule has 0 radical (unpaired) electrons. The van der Waals surface area contributed by atoms with Crippen LogP contribution in [0, 0.1) is 0 Å². The van der Waals surface area contributed by atoms with Crippen LogP contribution in [-0.2, 0) is 5.41 Å². The highest BCUT2D eigenvalue weighted by molar-refractivity contribution is 6.28. The molecule has 0 saturated heterocycles. The van der Waals surface area contributed by atoms with Gasteiger partial charge in [0.15, 0.2) is 23.3 Å². The minimum Gasteiger partial charge on any atom is -0.278 e. The lowest BCUT2D eigenvalue weighted by Gasteiger charge is -2.42. The normalized spacial score (nSPS) is 13.1. The van der Waals surface area contributed by atoms with Crippen LogP contribution in [0.1, 0.15) is 22.3 Å². The van der Waals surface area contributed by atoms with E-state index in [4.69, 9.17) is 31.5 Å². The van der Waals surface area contributed by atoms with E-state index in [-0.39, 0.29) is 5.28 Å². The topological polar surface area (TPSA) is 80.6 Å². The number of rotatable bonds is 6. The summed E-state index contributed by atoms with van der Waals surface area (Å²) in [6.45, 7) is 0. The minimum absolute atomic E-state index is 0.150. The van der Waals surface area contributed by atoms with Gasteiger partial charge in [0.05, 0.1) is 16.8 Å². The zero-order valence-corrected chi connectivity index (χ0v) is 39.7. The third-order valence-corrected chi connectivity index (χ3v) is 15.1. The van der Waals surface area contributed by atoms with E-state index in [1.807, 2.05) is 60.7 Å². The molecule has 3 aliphatic rings. The first kappa shape index (κ1) is 41.4. The number of hydrogen-bond acceptors (Lipinski definition) is 7. The third-order valence-electron chi connectivity index (χ3n) is 14.9. The van der Waals surface area contributed by atoms with Crippen molar-refractivity contribution >= 4 is 39.7 Å². The van der Waals surface area contributed by atoms with E-state index in [2.05, 4.69) is 185 Å². The van der Waals surface area contributed by atoms with Gasteiger partial charge in [-0.05, 0) is 90.3 Å². The lowest BCUT2D eigenvalue weighted by atomic mass is 9.61. The molecule has 2 aromatic heterocycles. The second-order valence-electron chi connectivity index (χ2n) is 18.7. The summed E-state index contributed by atoms with van der Waals surface area (Å²) in [6.07, 6.45) is 0. The number of para-hydroxylation sites is 1. The first-order valence-corrected chi connectivity index (χ1v) is 24.8. The second kappa shape index (κ2) is 16.0. The van der Waals surface area contributed by atoms with Crippen LogP contribution < -0.4 is 4.90 Å². The quantitative estimate of drug-likeness (QED) is 0.164. The van der Waals surface area contributed by atoms with Crippen LogP contribution in [0.5, 0.6) is 0 Å². The summed E-state index contributed by atoms with van der Waals surface area (Å²) in [6, 6.07) is 81.6. The largest absolute Gasteiger partial charge is 0.278 e. The molecule has 12 aromatic rings. The van der Waals surface area contributed by atoms with Gasteiger partial charge in [-0.1, -0.05) is 218 Å². The zero-order valence-electron chi connectivity index (χ0n) is 38.9. The van der Waals surface area contributed by atoms with E-state index < -0.39 is 5.41 Å². The average Bonchev–Trinajstić information content (AvgIpc) is 3.77. The molecule has 0 N–H and O–H groups in total. The van der Waals surface area contributed by atoms with Crippen LogP contribution in [0.3, 0.4) is 0 Å². The smallest absolute Gasteiger partial charge is 0.238 e. The first-order chi connectivity index (χ1) is 36.1. The SMILES string of the molecule is Clc1nc(-c2ccccc2)nc(-c2ccc(-c3ccc(-c4nc(-c5ccccc5)nc(N5c6ccccc6-c6ccc7c8c(ccc5c68)C5(c6ccccc6-c6ccccc65)c5ccccc5-7)n4)cc3)cc2)n1. The van der Waals surface area contributed by atoms with Gasteiger partial charge in [0.25, 0.3) is 0 Å². The van der Waals surface area contributed by atoms with Crippen molar-refractivity contribution in [1.29, 1.82) is 0 Å². The Morgan fingerprint density at radius 1 is 0.274 bits per heavy atom. The summed E-state index contributed by atoms with van der Waals surface area (Å²) in [4.78, 5) is 31.8. The molecule has 10 aromatic carbocycles. The van der Waals surface area contributed by atoms with Crippen molar-refractivity contribution in [3.05, 3.63) is 258 Å². The van der Waals surface area contributed by atoms with Crippen LogP contribution >= 0.6 is 11.6 Å². The molecule has 0 unspecified atom stereocenters. The molecule has 15 rings (SSSR count). The summed E-state index contributed by atoms with van der Waals surface area (Å²) in [5, 5.41) is 2.57. The molecule has 73 heavy (non-hydrogen) atoms. The van der Waals surface area contributed by atoms with Gasteiger partial charge in [0.2, 0.25) is 11.2 Å². The summed E-state index contributed by atoms with van der Waals surface area (Å²) >= 11 is 6.41. The average molecular weight is 953 g/mol. The van der Waals surface area contributed by atoms with Crippen molar-refractivity contribution in [2.75, 3.05) is 4.90 Å². The molecular weight excluding hydrogens is 914 g/mol. The van der Waals surface area contributed by atoms with Gasteiger partial charge in [-0.3, -0.25) is 4.90 Å². The Labute approximate surface area is 425 Å². The number of hydrogen-bond donors (Lipinski definition) is 0. The lowest BCUT2D eigenvalue weighted by Crippen LogP contribution is -2.32. The molecule has 0 bridgehead atoms. The van der Waals surface area contributed by atoms with E-state index in [9.17, 15) is 0 Å². The molecule has 0 fully saturated rings. The van der Waals surface area contributed by atoms with Crippen LogP contribution in [0.4, 0.5) is 17.3 Å². The Hall–Kier alpha value is -9.43. The highest BCUT2D eigenvalue weighted by Gasteiger charge is 2.50. The zero-order chi connectivity index (χ0) is 48.2. The van der Waals surface area contributed by atoms with Gasteiger partial charge < -0.3 is 0 Å². The molecule has 7 nitrogen and oxygen atoms in total. The van der Waals surface area contributed by atoms with Crippen LogP contribution in [0.25, 0.3) is 101 Å². The summed E-state index contributed by atoms with van der Waals surface area (Å²) in [5.74, 6) is 2.75. The van der Waals surface area contributed by atoms with Crippen LogP contribution in [-0.4, -0.2) is 29.9 Å². The minimum atomic E-state index is -0.528. The van der Waals surface area contributed by atoms with E-state index in [0.717, 1.165) is 50.3 Å². The monoisotopic (exact) mass is 951 g/mol. The van der Waals surface area contributed by atoms with Crippen molar-refractivity contribution in [3.8, 4) is 90.1 Å². The van der Waals surface area contributed by atoms with Crippen molar-refractivity contribution in [2.45, 2.75) is 5.41 Å². The molecule has 0 saturated carbocycles. The fourth-order valence-corrected chi connectivity index (χ4v) is 12.0. The van der Waals surface area contributed by atoms with Gasteiger partial charge in [-0.25, -0.2) is 9.97 Å². The highest BCUT2D eigenvalue weighted by atomic mass is 35.5. The molecule has 3 heterocycles. The van der Waals surface area contributed by atoms with Crippen molar-refractivity contribution < 1.29 is 0 Å². The first-order valence-electron chi connectivity index (χ1n) is 24.4. The summed E-state index contributed by atoms with van der Waals surface area (Å²) in [7, 11) is 0. The van der Waals surface area contributed by atoms with E-state index in [1.54, 1.807) is 0 Å². The standard InChI is InChI=1S/C65H38ClN7/c66-63-69-59(41-15-3-1-4-16-41)67-60(70-63)43-31-27-39(28-32-43)40-29-33-44(34-30-40)62-68-61(42-17-5-2-6-18-42)71-64(72-62)73-55-26-14-10-22-48(55)50-36-35-49-47-21-9-13-25-53(47)65(54-37-38-56(73)58(50)57(49)54)51-23-11-7-19-45(51)46-20-8-12-24-52(46)65/h1-38H. The molecule has 0 atom stereocenters. The van der Waals surface area contributed by atoms with Crippen molar-refractivity contribution in [1.82, 2.24) is 29.9 Å². The number of halogens is 1. The number of anilines is 3. The maximum absolute atomic E-state index is 6.41. The van der Waals surface area contributed by atoms with E-state index >= 15 is 0 Å². The number of nitrogens with zero attached hydrogens (tertiary/aromatic N) is 7. The predicted molar refractivity (Wildman–Crippen MR) is 293 cm³/mol. The van der Waals surface area contributed by atoms with E-state index in [0.29, 0.717) is 29.2 Å². The Balaban J connectivity index is 0.879. The van der Waals surface area contributed by atoms with Crippen LogP contribution in [0.2, 0.25) is 5.28 Å². The lowest BCUT2D eigenvalue weighted by molar-refractivity contribution is 0.773. The maximum atomic E-state index is 6.41. The molecule has 1 spiro atoms. The van der Waals surface area contributed by atoms with Gasteiger partial charge >= 0.3 is 0 Å². The Bertz CT molecular complexity index is 4170. The fraction of sp³-hybridized carbons (Fsp3) is 0.0154. The molecule has 0 amide bonds. The van der Waals surface area contributed by atoms with Crippen LogP contribution in [0.15, 0.2) is 231 Å². The molecular formula is C65H38ClN7. The Morgan fingerprint density at radius 2 is 0.671 bits per heavy atom. The van der Waals surface area contributed by atoms with Crippen molar-refractivity contribution in [2.24, 2.45) is 0 Å². The van der Waals surface area contributed by atoms with Crippen molar-refractivity contribution in [3.63, 3.8) is 0 Å². The van der Waals surface area contributed by atoms with Gasteiger partial charge in [-0.15, -0.1) is 0 Å². The van der Waals surface area contributed by atoms with Gasteiger partial charge in [0.1, 0.15) is 0 Å². The second-order valence-corrected chi connectivity index (χ2v) is 19.0. The number of aromatic nitrogens is 6. The van der Waals surface area contributed by atoms with Gasteiger partial charge in [0, 0.05) is 33.2 Å².